The van der Waals surface area contributed by atoms with Crippen molar-refractivity contribution in [3.05, 3.63) is 69.4 Å². The Hall–Kier alpha value is -1.33. The molecule has 3 heteroatoms. The number of hydrogen-bond acceptors (Lipinski definition) is 1. The number of nitrogens with zero attached hydrogens (tertiary/aromatic N) is 1. The fraction of sp³-hybridized carbons (Fsp3) is 0.176. The molecule has 0 aliphatic carbocycles. The molecule has 0 bridgehead atoms. The molecule has 0 saturated heterocycles. The first-order chi connectivity index (χ1) is 9.78. The molecule has 0 amide bonds. The predicted octanol–water partition coefficient (Wildman–Crippen LogP) is 4.01. The maximum atomic E-state index is 3.25. The van der Waals surface area contributed by atoms with Gasteiger partial charge in [0.15, 0.2) is 0 Å². The van der Waals surface area contributed by atoms with Gasteiger partial charge in [-0.2, -0.15) is 0 Å². The van der Waals surface area contributed by atoms with Crippen molar-refractivity contribution in [2.24, 2.45) is 0 Å². The van der Waals surface area contributed by atoms with Crippen molar-refractivity contribution in [1.29, 1.82) is 0 Å². The monoisotopic (exact) mass is 376 g/mol. The van der Waals surface area contributed by atoms with Crippen LogP contribution < -0.4 is 5.32 Å². The maximum absolute atomic E-state index is 3.25. The van der Waals surface area contributed by atoms with E-state index in [1.807, 2.05) is 7.05 Å². The average Bonchev–Trinajstić information content (AvgIpc) is 2.81. The standard InChI is InChI=1S/C17H17IN2/c1-19-10-14-12-20(17-5-3-2-4-16(14)17)11-13-6-8-15(18)9-7-13/h2-9,12,19H,10-11H2,1H3. The maximum Gasteiger partial charge on any atom is 0.0486 e. The fourth-order valence-electron chi connectivity index (χ4n) is 2.57. The van der Waals surface area contributed by atoms with E-state index in [0.717, 1.165) is 13.1 Å². The first-order valence-electron chi connectivity index (χ1n) is 6.74. The highest BCUT2D eigenvalue weighted by Gasteiger charge is 2.07. The normalized spacial score (nSPS) is 11.1. The molecule has 1 aromatic heterocycles. The number of nitrogens with one attached hydrogen (secondary N) is 1. The minimum atomic E-state index is 0.903. The highest BCUT2D eigenvalue weighted by Crippen LogP contribution is 2.22. The molecule has 0 fully saturated rings. The van der Waals surface area contributed by atoms with Gasteiger partial charge in [0.05, 0.1) is 0 Å². The Morgan fingerprint density at radius 3 is 2.55 bits per heavy atom. The molecule has 3 aromatic rings. The Bertz CT molecular complexity index is 713. The molecular formula is C17H17IN2. The molecule has 1 N–H and O–H groups in total. The van der Waals surface area contributed by atoms with E-state index in [0.29, 0.717) is 0 Å². The molecule has 0 atom stereocenters. The first kappa shape index (κ1) is 13.6. The Morgan fingerprint density at radius 1 is 1.05 bits per heavy atom. The molecule has 0 spiro atoms. The number of aromatic nitrogens is 1. The van der Waals surface area contributed by atoms with Crippen molar-refractivity contribution in [2.75, 3.05) is 7.05 Å². The minimum absolute atomic E-state index is 0.903. The van der Waals surface area contributed by atoms with Gasteiger partial charge >= 0.3 is 0 Å². The molecule has 1 heterocycles. The van der Waals surface area contributed by atoms with E-state index in [1.165, 1.54) is 25.6 Å². The SMILES string of the molecule is CNCc1cn(Cc2ccc(I)cc2)c2ccccc12. The van der Waals surface area contributed by atoms with Gasteiger partial charge in [-0.1, -0.05) is 30.3 Å². The summed E-state index contributed by atoms with van der Waals surface area (Å²) in [5.41, 5.74) is 3.99. The number of fused-ring (bicyclic) bond motifs is 1. The second kappa shape index (κ2) is 5.97. The topological polar surface area (TPSA) is 17.0 Å². The fourth-order valence-corrected chi connectivity index (χ4v) is 2.93. The molecule has 0 aliphatic heterocycles. The zero-order valence-electron chi connectivity index (χ0n) is 11.4. The summed E-state index contributed by atoms with van der Waals surface area (Å²) in [6.07, 6.45) is 2.26. The molecular weight excluding hydrogens is 359 g/mol. The van der Waals surface area contributed by atoms with Crippen LogP contribution in [0.15, 0.2) is 54.7 Å². The summed E-state index contributed by atoms with van der Waals surface area (Å²) >= 11 is 2.34. The lowest BCUT2D eigenvalue weighted by atomic mass is 10.2. The van der Waals surface area contributed by atoms with Gasteiger partial charge in [0.25, 0.3) is 0 Å². The van der Waals surface area contributed by atoms with Crippen LogP contribution in [0.25, 0.3) is 10.9 Å². The van der Waals surface area contributed by atoms with E-state index in [2.05, 4.69) is 87.2 Å². The van der Waals surface area contributed by atoms with Gasteiger partial charge < -0.3 is 9.88 Å². The summed E-state index contributed by atoms with van der Waals surface area (Å²) in [6.45, 7) is 1.82. The van der Waals surface area contributed by atoms with Crippen LogP contribution in [0.4, 0.5) is 0 Å². The van der Waals surface area contributed by atoms with E-state index in [4.69, 9.17) is 0 Å². The van der Waals surface area contributed by atoms with Gasteiger partial charge in [-0.3, -0.25) is 0 Å². The van der Waals surface area contributed by atoms with Crippen molar-refractivity contribution in [3.8, 4) is 0 Å². The van der Waals surface area contributed by atoms with Gasteiger partial charge in [0.2, 0.25) is 0 Å². The third-order valence-corrected chi connectivity index (χ3v) is 4.22. The summed E-state index contributed by atoms with van der Waals surface area (Å²) in [7, 11) is 1.99. The van der Waals surface area contributed by atoms with Crippen LogP contribution in [0.3, 0.4) is 0 Å². The number of rotatable bonds is 4. The van der Waals surface area contributed by atoms with E-state index in [-0.39, 0.29) is 0 Å². The summed E-state index contributed by atoms with van der Waals surface area (Å²) in [5.74, 6) is 0. The molecule has 3 rings (SSSR count). The molecule has 2 aromatic carbocycles. The molecule has 0 aliphatic rings. The Kier molecular flexibility index (Phi) is 4.08. The van der Waals surface area contributed by atoms with Crippen LogP contribution in [-0.2, 0) is 13.1 Å². The van der Waals surface area contributed by atoms with Crippen molar-refractivity contribution in [2.45, 2.75) is 13.1 Å². The van der Waals surface area contributed by atoms with Gasteiger partial charge in [0, 0.05) is 33.8 Å². The van der Waals surface area contributed by atoms with Crippen LogP contribution in [0.5, 0.6) is 0 Å². The molecule has 102 valence electrons. The molecule has 0 unspecified atom stereocenters. The van der Waals surface area contributed by atoms with Crippen molar-refractivity contribution in [3.63, 3.8) is 0 Å². The number of hydrogen-bond donors (Lipinski definition) is 1. The Balaban J connectivity index is 2.00. The third kappa shape index (κ3) is 2.74. The largest absolute Gasteiger partial charge is 0.343 e. The van der Waals surface area contributed by atoms with Crippen LogP contribution >= 0.6 is 22.6 Å². The lowest BCUT2D eigenvalue weighted by Crippen LogP contribution is -2.04. The van der Waals surface area contributed by atoms with Crippen molar-refractivity contribution < 1.29 is 0 Å². The molecule has 20 heavy (non-hydrogen) atoms. The lowest BCUT2D eigenvalue weighted by Gasteiger charge is -2.05. The summed E-state index contributed by atoms with van der Waals surface area (Å²) < 4.78 is 3.61. The first-order valence-corrected chi connectivity index (χ1v) is 7.81. The number of para-hydroxylation sites is 1. The Morgan fingerprint density at radius 2 is 1.80 bits per heavy atom. The highest BCUT2D eigenvalue weighted by atomic mass is 127. The summed E-state index contributed by atoms with van der Waals surface area (Å²) in [5, 5.41) is 4.59. The van der Waals surface area contributed by atoms with Gasteiger partial charge in [-0.05, 0) is 59.0 Å². The predicted molar refractivity (Wildman–Crippen MR) is 93.0 cm³/mol. The minimum Gasteiger partial charge on any atom is -0.343 e. The summed E-state index contributed by atoms with van der Waals surface area (Å²) in [6, 6.07) is 17.3. The second-order valence-electron chi connectivity index (χ2n) is 4.96. The van der Waals surface area contributed by atoms with Crippen LogP contribution in [0.2, 0.25) is 0 Å². The van der Waals surface area contributed by atoms with Gasteiger partial charge in [-0.15, -0.1) is 0 Å². The molecule has 2 nitrogen and oxygen atoms in total. The van der Waals surface area contributed by atoms with Crippen LogP contribution in [0, 0.1) is 3.57 Å². The van der Waals surface area contributed by atoms with Gasteiger partial charge in [0.1, 0.15) is 0 Å². The number of benzene rings is 2. The molecule has 0 saturated carbocycles. The summed E-state index contributed by atoms with van der Waals surface area (Å²) in [4.78, 5) is 0. The van der Waals surface area contributed by atoms with E-state index >= 15 is 0 Å². The van der Waals surface area contributed by atoms with E-state index in [1.54, 1.807) is 0 Å². The van der Waals surface area contributed by atoms with Crippen molar-refractivity contribution in [1.82, 2.24) is 9.88 Å². The van der Waals surface area contributed by atoms with E-state index in [9.17, 15) is 0 Å². The second-order valence-corrected chi connectivity index (χ2v) is 6.20. The number of halogens is 1. The quantitative estimate of drug-likeness (QED) is 0.681. The lowest BCUT2D eigenvalue weighted by molar-refractivity contribution is 0.795. The van der Waals surface area contributed by atoms with Gasteiger partial charge in [-0.25, -0.2) is 0 Å². The smallest absolute Gasteiger partial charge is 0.0486 e. The van der Waals surface area contributed by atoms with Crippen LogP contribution in [0.1, 0.15) is 11.1 Å². The van der Waals surface area contributed by atoms with E-state index < -0.39 is 0 Å². The van der Waals surface area contributed by atoms with Crippen LogP contribution in [-0.4, -0.2) is 11.6 Å². The molecule has 0 radical (unpaired) electrons. The average molecular weight is 376 g/mol. The highest BCUT2D eigenvalue weighted by molar-refractivity contribution is 14.1. The zero-order valence-corrected chi connectivity index (χ0v) is 13.6. The Labute approximate surface area is 132 Å². The zero-order chi connectivity index (χ0) is 13.9. The third-order valence-electron chi connectivity index (χ3n) is 3.50. The van der Waals surface area contributed by atoms with Crippen molar-refractivity contribution >= 4 is 33.5 Å².